The Kier molecular flexibility index (Phi) is 3.04. The van der Waals surface area contributed by atoms with Crippen molar-refractivity contribution >= 4 is 5.97 Å². The molecular weight excluding hydrogens is 254 g/mol. The standard InChI is InChI=1S/C15H17N3O2/c1-9-7-10(2)18(17-9)14-12(15(19)20)8-11-5-3-4-6-13(11)16-14/h7-8H,3-6H2,1-2H3,(H,19,20). The largest absolute Gasteiger partial charge is 0.478 e. The summed E-state index contributed by atoms with van der Waals surface area (Å²) in [5, 5.41) is 13.8. The fourth-order valence-corrected chi connectivity index (χ4v) is 2.78. The number of aromatic nitrogens is 3. The van der Waals surface area contributed by atoms with E-state index >= 15 is 0 Å². The molecule has 1 aliphatic carbocycles. The summed E-state index contributed by atoms with van der Waals surface area (Å²) < 4.78 is 1.63. The second kappa shape index (κ2) is 4.74. The molecule has 0 atom stereocenters. The van der Waals surface area contributed by atoms with E-state index in [1.807, 2.05) is 19.9 Å². The van der Waals surface area contributed by atoms with Crippen molar-refractivity contribution in [2.24, 2.45) is 0 Å². The van der Waals surface area contributed by atoms with E-state index in [0.717, 1.165) is 48.3 Å². The van der Waals surface area contributed by atoms with Gasteiger partial charge in [0, 0.05) is 11.4 Å². The van der Waals surface area contributed by atoms with Crippen LogP contribution in [0.25, 0.3) is 5.82 Å². The van der Waals surface area contributed by atoms with E-state index in [1.165, 1.54) is 0 Å². The van der Waals surface area contributed by atoms with E-state index in [0.29, 0.717) is 5.82 Å². The highest BCUT2D eigenvalue weighted by Crippen LogP contribution is 2.24. The van der Waals surface area contributed by atoms with Crippen molar-refractivity contribution in [3.8, 4) is 5.82 Å². The molecular formula is C15H17N3O2. The van der Waals surface area contributed by atoms with Gasteiger partial charge in [-0.3, -0.25) is 0 Å². The van der Waals surface area contributed by atoms with Gasteiger partial charge in [0.25, 0.3) is 0 Å². The first-order chi connectivity index (χ1) is 9.56. The monoisotopic (exact) mass is 271 g/mol. The van der Waals surface area contributed by atoms with Gasteiger partial charge in [0.1, 0.15) is 5.56 Å². The number of hydrogen-bond donors (Lipinski definition) is 1. The lowest BCUT2D eigenvalue weighted by atomic mass is 9.95. The zero-order valence-electron chi connectivity index (χ0n) is 11.7. The average molecular weight is 271 g/mol. The maximum Gasteiger partial charge on any atom is 0.339 e. The molecule has 0 aromatic carbocycles. The maximum atomic E-state index is 11.5. The molecule has 104 valence electrons. The molecule has 0 amide bonds. The van der Waals surface area contributed by atoms with Crippen LogP contribution in [0.1, 0.15) is 45.8 Å². The van der Waals surface area contributed by atoms with Crippen molar-refractivity contribution in [1.82, 2.24) is 14.8 Å². The number of fused-ring (bicyclic) bond motifs is 1. The van der Waals surface area contributed by atoms with Crippen LogP contribution in [-0.4, -0.2) is 25.8 Å². The van der Waals surface area contributed by atoms with E-state index < -0.39 is 5.97 Å². The number of pyridine rings is 1. The number of carboxylic acids is 1. The lowest BCUT2D eigenvalue weighted by molar-refractivity contribution is 0.0696. The number of carboxylic acid groups (broad SMARTS) is 1. The minimum Gasteiger partial charge on any atom is -0.478 e. The van der Waals surface area contributed by atoms with Crippen molar-refractivity contribution in [3.63, 3.8) is 0 Å². The fraction of sp³-hybridized carbons (Fsp3) is 0.400. The normalized spacial score (nSPS) is 14.1. The molecule has 2 aromatic heterocycles. The van der Waals surface area contributed by atoms with Crippen LogP contribution in [0.2, 0.25) is 0 Å². The van der Waals surface area contributed by atoms with Crippen molar-refractivity contribution in [2.75, 3.05) is 0 Å². The second-order valence-electron chi connectivity index (χ2n) is 5.32. The zero-order chi connectivity index (χ0) is 14.3. The minimum atomic E-state index is -0.951. The molecule has 5 nitrogen and oxygen atoms in total. The summed E-state index contributed by atoms with van der Waals surface area (Å²) in [7, 11) is 0. The highest BCUT2D eigenvalue weighted by Gasteiger charge is 2.21. The van der Waals surface area contributed by atoms with E-state index in [1.54, 1.807) is 10.7 Å². The first-order valence-electron chi connectivity index (χ1n) is 6.86. The van der Waals surface area contributed by atoms with E-state index in [-0.39, 0.29) is 5.56 Å². The first kappa shape index (κ1) is 12.8. The predicted molar refractivity (Wildman–Crippen MR) is 74.4 cm³/mol. The molecule has 2 heterocycles. The quantitative estimate of drug-likeness (QED) is 0.911. The summed E-state index contributed by atoms with van der Waals surface area (Å²) in [6.45, 7) is 3.80. The summed E-state index contributed by atoms with van der Waals surface area (Å²) in [4.78, 5) is 16.1. The SMILES string of the molecule is Cc1cc(C)n(-c2nc3c(cc2C(=O)O)CCCC3)n1. The average Bonchev–Trinajstić information content (AvgIpc) is 2.76. The lowest BCUT2D eigenvalue weighted by Crippen LogP contribution is -2.15. The third kappa shape index (κ3) is 2.09. The Hall–Kier alpha value is -2.17. The summed E-state index contributed by atoms with van der Waals surface area (Å²) in [5.74, 6) is -0.517. The van der Waals surface area contributed by atoms with E-state index in [2.05, 4.69) is 10.1 Å². The molecule has 20 heavy (non-hydrogen) atoms. The molecule has 0 radical (unpaired) electrons. The van der Waals surface area contributed by atoms with Crippen LogP contribution in [0.4, 0.5) is 0 Å². The van der Waals surface area contributed by atoms with E-state index in [9.17, 15) is 9.90 Å². The molecule has 5 heteroatoms. The minimum absolute atomic E-state index is 0.233. The number of aryl methyl sites for hydroxylation is 4. The number of nitrogens with zero attached hydrogens (tertiary/aromatic N) is 3. The molecule has 1 aliphatic rings. The van der Waals surface area contributed by atoms with Crippen LogP contribution in [-0.2, 0) is 12.8 Å². The van der Waals surface area contributed by atoms with Crippen LogP contribution >= 0.6 is 0 Å². The lowest BCUT2D eigenvalue weighted by Gasteiger charge is -2.17. The topological polar surface area (TPSA) is 68.0 Å². The Morgan fingerprint density at radius 1 is 1.25 bits per heavy atom. The molecule has 3 rings (SSSR count). The molecule has 0 saturated heterocycles. The summed E-state index contributed by atoms with van der Waals surface area (Å²) in [6.07, 6.45) is 4.05. The number of aromatic carboxylic acids is 1. The Balaban J connectivity index is 2.22. The van der Waals surface area contributed by atoms with Gasteiger partial charge in [-0.25, -0.2) is 14.5 Å². The Labute approximate surface area is 117 Å². The van der Waals surface area contributed by atoms with Gasteiger partial charge in [0.05, 0.1) is 5.69 Å². The highest BCUT2D eigenvalue weighted by atomic mass is 16.4. The van der Waals surface area contributed by atoms with Crippen molar-refractivity contribution in [3.05, 3.63) is 40.3 Å². The predicted octanol–water partition coefficient (Wildman–Crippen LogP) is 2.46. The Morgan fingerprint density at radius 3 is 2.65 bits per heavy atom. The highest BCUT2D eigenvalue weighted by molar-refractivity contribution is 5.91. The van der Waals surface area contributed by atoms with Crippen molar-refractivity contribution in [1.29, 1.82) is 0 Å². The maximum absolute atomic E-state index is 11.5. The fourth-order valence-electron chi connectivity index (χ4n) is 2.78. The third-order valence-electron chi connectivity index (χ3n) is 3.72. The smallest absolute Gasteiger partial charge is 0.339 e. The van der Waals surface area contributed by atoms with Gasteiger partial charge >= 0.3 is 5.97 Å². The number of hydrogen-bond acceptors (Lipinski definition) is 3. The van der Waals surface area contributed by atoms with Gasteiger partial charge in [-0.15, -0.1) is 0 Å². The van der Waals surface area contributed by atoms with Crippen LogP contribution < -0.4 is 0 Å². The van der Waals surface area contributed by atoms with Gasteiger partial charge in [-0.1, -0.05) is 0 Å². The second-order valence-corrected chi connectivity index (χ2v) is 5.32. The summed E-state index contributed by atoms with van der Waals surface area (Å²) >= 11 is 0. The van der Waals surface area contributed by atoms with Crippen LogP contribution in [0.3, 0.4) is 0 Å². The van der Waals surface area contributed by atoms with Crippen molar-refractivity contribution < 1.29 is 9.90 Å². The number of carbonyl (C=O) groups is 1. The van der Waals surface area contributed by atoms with Gasteiger partial charge in [0.2, 0.25) is 0 Å². The van der Waals surface area contributed by atoms with Crippen LogP contribution in [0.15, 0.2) is 12.1 Å². The van der Waals surface area contributed by atoms with Gasteiger partial charge in [-0.2, -0.15) is 5.10 Å². The first-order valence-corrected chi connectivity index (χ1v) is 6.86. The molecule has 2 aromatic rings. The van der Waals surface area contributed by atoms with E-state index in [4.69, 9.17) is 0 Å². The molecule has 0 unspecified atom stereocenters. The molecule has 0 spiro atoms. The summed E-state index contributed by atoms with van der Waals surface area (Å²) in [6, 6.07) is 3.70. The van der Waals surface area contributed by atoms with Crippen LogP contribution in [0, 0.1) is 13.8 Å². The van der Waals surface area contributed by atoms with Gasteiger partial charge < -0.3 is 5.11 Å². The molecule has 0 fully saturated rings. The zero-order valence-corrected chi connectivity index (χ0v) is 11.7. The molecule has 0 saturated carbocycles. The van der Waals surface area contributed by atoms with Crippen molar-refractivity contribution in [2.45, 2.75) is 39.5 Å². The molecule has 1 N–H and O–H groups in total. The number of rotatable bonds is 2. The third-order valence-corrected chi connectivity index (χ3v) is 3.72. The van der Waals surface area contributed by atoms with Gasteiger partial charge in [-0.05, 0) is 57.2 Å². The molecule has 0 aliphatic heterocycles. The Bertz CT molecular complexity index is 689. The van der Waals surface area contributed by atoms with Gasteiger partial charge in [0.15, 0.2) is 5.82 Å². The van der Waals surface area contributed by atoms with Crippen LogP contribution in [0.5, 0.6) is 0 Å². The molecule has 0 bridgehead atoms. The Morgan fingerprint density at radius 2 is 2.00 bits per heavy atom. The summed E-state index contributed by atoms with van der Waals surface area (Å²) in [5.41, 5.74) is 4.08.